The maximum Gasteiger partial charge on any atom is 0.278 e. The molecule has 0 amide bonds. The normalized spacial score (nSPS) is 11.4. The van der Waals surface area contributed by atoms with Gasteiger partial charge in [-0.25, -0.2) is 9.37 Å². The molecule has 166 valence electrons. The predicted molar refractivity (Wildman–Crippen MR) is 129 cm³/mol. The van der Waals surface area contributed by atoms with Gasteiger partial charge in [0.05, 0.1) is 25.5 Å². The van der Waals surface area contributed by atoms with Crippen molar-refractivity contribution in [2.24, 2.45) is 0 Å². The number of fused-ring (bicyclic) bond motifs is 3. The molecule has 0 spiro atoms. The summed E-state index contributed by atoms with van der Waals surface area (Å²) in [4.78, 5) is 18.3. The molecule has 7 heteroatoms. The molecule has 5 rings (SSSR count). The molecule has 2 aromatic heterocycles. The third-order valence-electron chi connectivity index (χ3n) is 5.84. The van der Waals surface area contributed by atoms with E-state index >= 15 is 0 Å². The fraction of sp³-hybridized carbons (Fsp3) is 0.154. The number of methoxy groups -OCH3 is 1. The third kappa shape index (κ3) is 3.87. The highest BCUT2D eigenvalue weighted by Gasteiger charge is 2.18. The minimum absolute atomic E-state index is 0.150. The second kappa shape index (κ2) is 8.37. The van der Waals surface area contributed by atoms with E-state index in [1.165, 1.54) is 12.1 Å². The van der Waals surface area contributed by atoms with Gasteiger partial charge in [0, 0.05) is 17.0 Å². The smallest absolute Gasteiger partial charge is 0.278 e. The van der Waals surface area contributed by atoms with E-state index in [1.54, 1.807) is 24.1 Å². The van der Waals surface area contributed by atoms with E-state index in [-0.39, 0.29) is 5.56 Å². The van der Waals surface area contributed by atoms with E-state index in [0.29, 0.717) is 29.1 Å². The van der Waals surface area contributed by atoms with Crippen LogP contribution in [0, 0.1) is 12.7 Å². The summed E-state index contributed by atoms with van der Waals surface area (Å²) in [6.07, 6.45) is 1.59. The van der Waals surface area contributed by atoms with Gasteiger partial charge in [0.15, 0.2) is 0 Å². The van der Waals surface area contributed by atoms with E-state index in [4.69, 9.17) is 16.3 Å². The Morgan fingerprint density at radius 2 is 1.82 bits per heavy atom. The Morgan fingerprint density at radius 1 is 1.03 bits per heavy atom. The average Bonchev–Trinajstić information content (AvgIpc) is 3.11. The van der Waals surface area contributed by atoms with Gasteiger partial charge in [0.1, 0.15) is 22.6 Å². The molecule has 5 aromatic rings. The van der Waals surface area contributed by atoms with Crippen molar-refractivity contribution >= 4 is 33.5 Å². The maximum absolute atomic E-state index is 13.6. The number of benzene rings is 3. The first-order valence-electron chi connectivity index (χ1n) is 10.5. The van der Waals surface area contributed by atoms with Crippen LogP contribution in [0.3, 0.4) is 0 Å². The van der Waals surface area contributed by atoms with Gasteiger partial charge >= 0.3 is 0 Å². The Bertz CT molecular complexity index is 1550. The molecule has 0 aliphatic carbocycles. The van der Waals surface area contributed by atoms with Crippen LogP contribution in [0.4, 0.5) is 4.39 Å². The molecule has 0 radical (unpaired) electrons. The summed E-state index contributed by atoms with van der Waals surface area (Å²) in [7, 11) is 1.62. The number of hydrogen-bond donors (Lipinski definition) is 0. The molecular weight excluding hydrogens is 441 g/mol. The topological polar surface area (TPSA) is 49.0 Å². The minimum atomic E-state index is -0.398. The molecule has 33 heavy (non-hydrogen) atoms. The monoisotopic (exact) mass is 461 g/mol. The van der Waals surface area contributed by atoms with Crippen molar-refractivity contribution in [1.29, 1.82) is 0 Å². The summed E-state index contributed by atoms with van der Waals surface area (Å²) in [5.74, 6) is 0.358. The largest absolute Gasteiger partial charge is 0.497 e. The van der Waals surface area contributed by atoms with Crippen LogP contribution in [-0.2, 0) is 13.1 Å². The van der Waals surface area contributed by atoms with Crippen LogP contribution in [0.15, 0.2) is 71.8 Å². The first-order valence-corrected chi connectivity index (χ1v) is 10.9. The van der Waals surface area contributed by atoms with Crippen molar-refractivity contribution in [2.75, 3.05) is 7.11 Å². The van der Waals surface area contributed by atoms with Gasteiger partial charge in [0.25, 0.3) is 5.56 Å². The highest BCUT2D eigenvalue weighted by atomic mass is 35.5. The zero-order valence-corrected chi connectivity index (χ0v) is 18.9. The van der Waals surface area contributed by atoms with Gasteiger partial charge in [-0.05, 0) is 54.4 Å². The van der Waals surface area contributed by atoms with Crippen molar-refractivity contribution in [3.63, 3.8) is 0 Å². The number of ether oxygens (including phenoxy) is 1. The molecule has 3 aromatic carbocycles. The summed E-state index contributed by atoms with van der Waals surface area (Å²) in [5.41, 5.74) is 4.62. The lowest BCUT2D eigenvalue weighted by Gasteiger charge is -2.11. The highest BCUT2D eigenvalue weighted by molar-refractivity contribution is 6.31. The van der Waals surface area contributed by atoms with E-state index in [9.17, 15) is 9.18 Å². The Labute approximate surface area is 194 Å². The van der Waals surface area contributed by atoms with E-state index < -0.39 is 5.82 Å². The number of hydrogen-bond acceptors (Lipinski definition) is 3. The fourth-order valence-electron chi connectivity index (χ4n) is 4.14. The Hall–Kier alpha value is -3.64. The quantitative estimate of drug-likeness (QED) is 0.344. The van der Waals surface area contributed by atoms with Crippen LogP contribution in [0.25, 0.3) is 21.9 Å². The number of rotatable bonds is 5. The van der Waals surface area contributed by atoms with E-state index in [2.05, 4.69) is 4.98 Å². The van der Waals surface area contributed by atoms with Crippen LogP contribution in [-0.4, -0.2) is 21.2 Å². The van der Waals surface area contributed by atoms with Crippen molar-refractivity contribution < 1.29 is 9.13 Å². The van der Waals surface area contributed by atoms with Crippen molar-refractivity contribution in [3.8, 4) is 5.75 Å². The number of aryl methyl sites for hydroxylation is 1. The van der Waals surface area contributed by atoms with Crippen LogP contribution in [0.1, 0.15) is 16.7 Å². The minimum Gasteiger partial charge on any atom is -0.497 e. The summed E-state index contributed by atoms with van der Waals surface area (Å²) in [6.45, 7) is 2.71. The van der Waals surface area contributed by atoms with Gasteiger partial charge in [-0.2, -0.15) is 0 Å². The van der Waals surface area contributed by atoms with Gasteiger partial charge < -0.3 is 9.30 Å². The molecule has 0 bridgehead atoms. The average molecular weight is 462 g/mol. The second-order valence-corrected chi connectivity index (χ2v) is 8.47. The van der Waals surface area contributed by atoms with E-state index in [0.717, 1.165) is 33.3 Å². The van der Waals surface area contributed by atoms with E-state index in [1.807, 2.05) is 54.0 Å². The van der Waals surface area contributed by atoms with Gasteiger partial charge in [-0.1, -0.05) is 41.4 Å². The summed E-state index contributed by atoms with van der Waals surface area (Å²) < 4.78 is 22.3. The van der Waals surface area contributed by atoms with Crippen LogP contribution >= 0.6 is 11.6 Å². The van der Waals surface area contributed by atoms with Gasteiger partial charge in [-0.15, -0.1) is 0 Å². The van der Waals surface area contributed by atoms with Crippen LogP contribution < -0.4 is 10.3 Å². The fourth-order valence-corrected chi connectivity index (χ4v) is 4.37. The Balaban J connectivity index is 1.69. The van der Waals surface area contributed by atoms with Crippen molar-refractivity contribution in [3.05, 3.63) is 105 Å². The lowest BCUT2D eigenvalue weighted by Crippen LogP contribution is -2.23. The summed E-state index contributed by atoms with van der Waals surface area (Å²) >= 11 is 6.31. The maximum atomic E-state index is 13.6. The number of halogens is 2. The number of aromatic nitrogens is 3. The molecule has 2 heterocycles. The van der Waals surface area contributed by atoms with Crippen molar-refractivity contribution in [2.45, 2.75) is 20.0 Å². The standard InChI is InChI=1S/C26H21ClFN3O2/c1-16-3-10-23-21(11-16)24-25(31(23)14-18-6-7-19(28)12-22(18)27)26(32)30(15-29-24)13-17-4-8-20(33-2)9-5-17/h3-12,15H,13-14H2,1-2H3. The van der Waals surface area contributed by atoms with Crippen LogP contribution in [0.2, 0.25) is 5.02 Å². The lowest BCUT2D eigenvalue weighted by molar-refractivity contribution is 0.414. The molecule has 0 aliphatic rings. The molecule has 0 aliphatic heterocycles. The molecule has 0 saturated carbocycles. The number of nitrogens with zero attached hydrogens (tertiary/aromatic N) is 3. The second-order valence-electron chi connectivity index (χ2n) is 8.07. The Morgan fingerprint density at radius 3 is 2.55 bits per heavy atom. The zero-order valence-electron chi connectivity index (χ0n) is 18.2. The molecule has 0 unspecified atom stereocenters. The molecular formula is C26H21ClFN3O2. The molecule has 5 nitrogen and oxygen atoms in total. The SMILES string of the molecule is COc1ccc(Cn2cnc3c4cc(C)ccc4n(Cc4ccc(F)cc4Cl)c3c2=O)cc1. The predicted octanol–water partition coefficient (Wildman–Crippen LogP) is 5.56. The molecule has 0 saturated heterocycles. The first-order chi connectivity index (χ1) is 15.9. The highest BCUT2D eigenvalue weighted by Crippen LogP contribution is 2.29. The Kier molecular flexibility index (Phi) is 5.38. The van der Waals surface area contributed by atoms with Crippen molar-refractivity contribution in [1.82, 2.24) is 14.1 Å². The first kappa shape index (κ1) is 21.2. The molecule has 0 atom stereocenters. The lowest BCUT2D eigenvalue weighted by atomic mass is 10.1. The summed E-state index contributed by atoms with van der Waals surface area (Å²) in [6, 6.07) is 17.9. The van der Waals surface area contributed by atoms with Gasteiger partial charge in [-0.3, -0.25) is 9.36 Å². The summed E-state index contributed by atoms with van der Waals surface area (Å²) in [5, 5.41) is 1.22. The molecule has 0 fully saturated rings. The van der Waals surface area contributed by atoms with Crippen LogP contribution in [0.5, 0.6) is 5.75 Å². The van der Waals surface area contributed by atoms with Gasteiger partial charge in [0.2, 0.25) is 0 Å². The molecule has 0 N–H and O–H groups in total. The third-order valence-corrected chi connectivity index (χ3v) is 6.19. The zero-order chi connectivity index (χ0) is 23.1.